The van der Waals surface area contributed by atoms with Crippen LogP contribution >= 0.6 is 11.3 Å². The maximum absolute atomic E-state index is 9.75. The Kier molecular flexibility index (Phi) is 2.75. The first-order chi connectivity index (χ1) is 7.63. The molecule has 0 fully saturated rings. The Labute approximate surface area is 95.4 Å². The number of aromatic nitrogens is 1. The number of fused-ring (bicyclic) bond motifs is 1. The van der Waals surface area contributed by atoms with Gasteiger partial charge in [0, 0.05) is 5.56 Å². The number of nitrogens with zero attached hydrogens (tertiary/aromatic N) is 2. The lowest BCUT2D eigenvalue weighted by atomic mass is 10.0. The average molecular weight is 235 g/mol. The third-order valence-corrected chi connectivity index (χ3v) is 3.07. The lowest BCUT2D eigenvalue weighted by Crippen LogP contribution is -2.16. The minimum Gasteiger partial charge on any atom is -0.384 e. The van der Waals surface area contributed by atoms with Crippen LogP contribution in [0.25, 0.3) is 10.2 Å². The molecule has 5 nitrogen and oxygen atoms in total. The highest BCUT2D eigenvalue weighted by Gasteiger charge is 2.21. The molecule has 16 heavy (non-hydrogen) atoms. The molecule has 2 aromatic rings. The predicted octanol–water partition coefficient (Wildman–Crippen LogP) is 0.796. The van der Waals surface area contributed by atoms with Crippen LogP contribution in [0.5, 0.6) is 0 Å². The van der Waals surface area contributed by atoms with Crippen molar-refractivity contribution < 1.29 is 10.2 Å². The molecule has 0 aliphatic heterocycles. The van der Waals surface area contributed by atoms with E-state index in [1.54, 1.807) is 18.2 Å². The quantitative estimate of drug-likeness (QED) is 0.668. The smallest absolute Gasteiger partial charge is 0.181 e. The van der Waals surface area contributed by atoms with Gasteiger partial charge in [0.2, 0.25) is 0 Å². The molecule has 0 aliphatic rings. The monoisotopic (exact) mass is 235 g/mol. The summed E-state index contributed by atoms with van der Waals surface area (Å²) < 4.78 is 0.819. The second-order valence-electron chi connectivity index (χ2n) is 3.26. The number of thiazole rings is 1. The molecule has 82 valence electrons. The molecule has 0 aliphatic carbocycles. The molecule has 6 heteroatoms. The first kappa shape index (κ1) is 10.8. The van der Waals surface area contributed by atoms with E-state index in [0.29, 0.717) is 16.2 Å². The van der Waals surface area contributed by atoms with E-state index in [0.717, 1.165) is 4.70 Å². The summed E-state index contributed by atoms with van der Waals surface area (Å²) in [5, 5.41) is 28.0. The summed E-state index contributed by atoms with van der Waals surface area (Å²) in [5.41, 5.74) is 6.52. The second kappa shape index (κ2) is 4.06. The number of hydrogen-bond donors (Lipinski definition) is 3. The van der Waals surface area contributed by atoms with Crippen molar-refractivity contribution in [2.75, 3.05) is 5.73 Å². The maximum Gasteiger partial charge on any atom is 0.181 e. The van der Waals surface area contributed by atoms with E-state index in [4.69, 9.17) is 11.0 Å². The number of benzene rings is 1. The number of aliphatic hydroxyl groups is 2. The van der Waals surface area contributed by atoms with Gasteiger partial charge in [0.05, 0.1) is 16.3 Å². The third kappa shape index (κ3) is 1.72. The summed E-state index contributed by atoms with van der Waals surface area (Å²) in [6.45, 7) is 0. The molecule has 0 saturated carbocycles. The summed E-state index contributed by atoms with van der Waals surface area (Å²) in [6.07, 6.45) is -2.73. The van der Waals surface area contributed by atoms with Gasteiger partial charge in [0.25, 0.3) is 0 Å². The van der Waals surface area contributed by atoms with Gasteiger partial charge in [0.15, 0.2) is 11.2 Å². The summed E-state index contributed by atoms with van der Waals surface area (Å²) in [5.74, 6) is 0. The maximum atomic E-state index is 9.75. The Morgan fingerprint density at radius 2 is 2.19 bits per heavy atom. The van der Waals surface area contributed by atoms with E-state index in [9.17, 15) is 10.2 Å². The number of aliphatic hydroxyl groups excluding tert-OH is 2. The molecule has 2 unspecified atom stereocenters. The number of anilines is 1. The van der Waals surface area contributed by atoms with Crippen LogP contribution in [-0.4, -0.2) is 21.3 Å². The molecule has 0 amide bonds. The molecular weight excluding hydrogens is 226 g/mol. The number of rotatable bonds is 2. The van der Waals surface area contributed by atoms with E-state index in [2.05, 4.69) is 4.98 Å². The summed E-state index contributed by atoms with van der Waals surface area (Å²) in [6, 6.07) is 6.74. The van der Waals surface area contributed by atoms with E-state index in [1.165, 1.54) is 11.3 Å². The Morgan fingerprint density at radius 3 is 2.88 bits per heavy atom. The molecule has 1 aromatic carbocycles. The number of para-hydroxylation sites is 1. The van der Waals surface area contributed by atoms with E-state index < -0.39 is 12.2 Å². The molecule has 4 N–H and O–H groups in total. The first-order valence-electron chi connectivity index (χ1n) is 4.54. The van der Waals surface area contributed by atoms with Gasteiger partial charge >= 0.3 is 0 Å². The standard InChI is InChI=1S/C10H9N3O2S/c11-4-6(14)9(15)5-2-1-3-7-8(5)13-10(12)16-7/h1-3,6,9,14-15H,(H2,12,13). The minimum atomic E-state index is -1.46. The SMILES string of the molecule is N#CC(O)C(O)c1cccc2sc(N)nc12. The molecule has 0 saturated heterocycles. The zero-order valence-corrected chi connectivity index (χ0v) is 8.98. The highest BCUT2D eigenvalue weighted by atomic mass is 32.1. The van der Waals surface area contributed by atoms with Gasteiger partial charge in [-0.2, -0.15) is 5.26 Å². The third-order valence-electron chi connectivity index (χ3n) is 2.22. The van der Waals surface area contributed by atoms with Gasteiger partial charge < -0.3 is 15.9 Å². The molecule has 0 bridgehead atoms. The van der Waals surface area contributed by atoms with Crippen LogP contribution in [0.4, 0.5) is 5.13 Å². The van der Waals surface area contributed by atoms with Crippen LogP contribution < -0.4 is 5.73 Å². The summed E-state index contributed by atoms with van der Waals surface area (Å²) in [7, 11) is 0. The van der Waals surface area contributed by atoms with Crippen molar-refractivity contribution in [2.45, 2.75) is 12.2 Å². The fourth-order valence-corrected chi connectivity index (χ4v) is 2.24. The van der Waals surface area contributed by atoms with Crippen LogP contribution in [0.1, 0.15) is 11.7 Å². The molecule has 1 heterocycles. The number of hydrogen-bond acceptors (Lipinski definition) is 6. The van der Waals surface area contributed by atoms with Crippen LogP contribution in [0.15, 0.2) is 18.2 Å². The van der Waals surface area contributed by atoms with Gasteiger partial charge in [-0.05, 0) is 6.07 Å². The van der Waals surface area contributed by atoms with Gasteiger partial charge in [-0.15, -0.1) is 0 Å². The van der Waals surface area contributed by atoms with Crippen molar-refractivity contribution in [1.29, 1.82) is 5.26 Å². The van der Waals surface area contributed by atoms with Crippen LogP contribution in [-0.2, 0) is 0 Å². The molecule has 1 aromatic heterocycles. The number of nitriles is 1. The first-order valence-corrected chi connectivity index (χ1v) is 5.36. The second-order valence-corrected chi connectivity index (χ2v) is 4.33. The number of nitrogen functional groups attached to an aromatic ring is 1. The fourth-order valence-electron chi connectivity index (χ4n) is 1.47. The van der Waals surface area contributed by atoms with Gasteiger partial charge in [-0.25, -0.2) is 4.98 Å². The van der Waals surface area contributed by atoms with Crippen molar-refractivity contribution in [3.8, 4) is 6.07 Å². The molecule has 2 atom stereocenters. The van der Waals surface area contributed by atoms with Gasteiger partial charge in [0.1, 0.15) is 6.10 Å². The molecular formula is C10H9N3O2S. The lowest BCUT2D eigenvalue weighted by molar-refractivity contribution is 0.0537. The van der Waals surface area contributed by atoms with Crippen molar-refractivity contribution >= 4 is 26.7 Å². The van der Waals surface area contributed by atoms with E-state index >= 15 is 0 Å². The van der Waals surface area contributed by atoms with Gasteiger partial charge in [-0.1, -0.05) is 23.5 Å². The molecule has 0 radical (unpaired) electrons. The van der Waals surface area contributed by atoms with Crippen molar-refractivity contribution in [1.82, 2.24) is 4.98 Å². The average Bonchev–Trinajstić information content (AvgIpc) is 2.66. The Morgan fingerprint density at radius 1 is 1.44 bits per heavy atom. The molecule has 0 spiro atoms. The minimum absolute atomic E-state index is 0.390. The van der Waals surface area contributed by atoms with Gasteiger partial charge in [-0.3, -0.25) is 0 Å². The van der Waals surface area contributed by atoms with E-state index in [1.807, 2.05) is 6.07 Å². The summed E-state index contributed by atoms with van der Waals surface area (Å²) in [4.78, 5) is 4.07. The lowest BCUT2D eigenvalue weighted by Gasteiger charge is -2.11. The van der Waals surface area contributed by atoms with Crippen molar-refractivity contribution in [3.63, 3.8) is 0 Å². The van der Waals surface area contributed by atoms with E-state index in [-0.39, 0.29) is 0 Å². The Hall–Kier alpha value is -1.68. The predicted molar refractivity (Wildman–Crippen MR) is 60.6 cm³/mol. The number of nitrogens with two attached hydrogens (primary N) is 1. The van der Waals surface area contributed by atoms with Crippen LogP contribution in [0.2, 0.25) is 0 Å². The van der Waals surface area contributed by atoms with Crippen LogP contribution in [0.3, 0.4) is 0 Å². The largest absolute Gasteiger partial charge is 0.384 e. The summed E-state index contributed by atoms with van der Waals surface area (Å²) >= 11 is 1.29. The zero-order valence-electron chi connectivity index (χ0n) is 8.16. The van der Waals surface area contributed by atoms with Crippen molar-refractivity contribution in [3.05, 3.63) is 23.8 Å². The Bertz CT molecular complexity index is 561. The fraction of sp³-hybridized carbons (Fsp3) is 0.200. The normalized spacial score (nSPS) is 14.6. The van der Waals surface area contributed by atoms with Crippen LogP contribution in [0, 0.1) is 11.3 Å². The highest BCUT2D eigenvalue weighted by Crippen LogP contribution is 2.30. The highest BCUT2D eigenvalue weighted by molar-refractivity contribution is 7.22. The topological polar surface area (TPSA) is 103 Å². The molecule has 2 rings (SSSR count). The zero-order chi connectivity index (χ0) is 11.7. The van der Waals surface area contributed by atoms with Crippen molar-refractivity contribution in [2.24, 2.45) is 0 Å². The Balaban J connectivity index is 2.56.